The summed E-state index contributed by atoms with van der Waals surface area (Å²) in [4.78, 5) is 26.4. The molecule has 124 valence electrons. The zero-order valence-electron chi connectivity index (χ0n) is 13.3. The summed E-state index contributed by atoms with van der Waals surface area (Å²) in [7, 11) is 0. The zero-order chi connectivity index (χ0) is 16.6. The Bertz CT molecular complexity index is 609. The van der Waals surface area contributed by atoms with Crippen LogP contribution >= 0.6 is 11.6 Å². The molecule has 23 heavy (non-hydrogen) atoms. The Hall–Kier alpha value is -1.55. The van der Waals surface area contributed by atoms with E-state index in [-0.39, 0.29) is 11.9 Å². The van der Waals surface area contributed by atoms with E-state index in [1.54, 1.807) is 4.90 Å². The van der Waals surface area contributed by atoms with Gasteiger partial charge in [0.2, 0.25) is 5.91 Å². The maximum absolute atomic E-state index is 13.3. The molecule has 1 N–H and O–H groups in total. The van der Waals surface area contributed by atoms with Gasteiger partial charge >= 0.3 is 5.97 Å². The molecule has 2 atom stereocenters. The van der Waals surface area contributed by atoms with Gasteiger partial charge in [0.25, 0.3) is 0 Å². The van der Waals surface area contributed by atoms with Gasteiger partial charge in [0.15, 0.2) is 0 Å². The smallest absolute Gasteiger partial charge is 0.308 e. The van der Waals surface area contributed by atoms with Crippen LogP contribution in [0.4, 0.5) is 0 Å². The number of piperidine rings is 1. The van der Waals surface area contributed by atoms with Gasteiger partial charge in [-0.05, 0) is 50.3 Å². The van der Waals surface area contributed by atoms with E-state index in [1.807, 2.05) is 31.2 Å². The highest BCUT2D eigenvalue weighted by Gasteiger charge is 2.49. The van der Waals surface area contributed by atoms with Gasteiger partial charge in [-0.25, -0.2) is 0 Å². The third kappa shape index (κ3) is 2.85. The van der Waals surface area contributed by atoms with E-state index in [2.05, 4.69) is 0 Å². The van der Waals surface area contributed by atoms with Crippen LogP contribution in [-0.2, 0) is 15.0 Å². The van der Waals surface area contributed by atoms with Crippen LogP contribution in [0.5, 0.6) is 0 Å². The average Bonchev–Trinajstić information content (AvgIpc) is 2.48. The maximum Gasteiger partial charge on any atom is 0.308 e. The number of hydrogen-bond donors (Lipinski definition) is 1. The van der Waals surface area contributed by atoms with Crippen LogP contribution in [0.3, 0.4) is 0 Å². The third-order valence-corrected chi connectivity index (χ3v) is 5.76. The summed E-state index contributed by atoms with van der Waals surface area (Å²) in [6.07, 6.45) is 4.08. The molecule has 0 aromatic heterocycles. The van der Waals surface area contributed by atoms with Crippen LogP contribution in [0.15, 0.2) is 24.3 Å². The van der Waals surface area contributed by atoms with Crippen molar-refractivity contribution < 1.29 is 14.7 Å². The van der Waals surface area contributed by atoms with Gasteiger partial charge in [0, 0.05) is 17.6 Å². The van der Waals surface area contributed by atoms with Crippen LogP contribution < -0.4 is 0 Å². The Morgan fingerprint density at radius 3 is 2.39 bits per heavy atom. The van der Waals surface area contributed by atoms with Crippen molar-refractivity contribution in [2.75, 3.05) is 6.54 Å². The summed E-state index contributed by atoms with van der Waals surface area (Å²) in [5.74, 6) is -1.16. The highest BCUT2D eigenvalue weighted by molar-refractivity contribution is 6.30. The van der Waals surface area contributed by atoms with Crippen LogP contribution in [-0.4, -0.2) is 34.5 Å². The monoisotopic (exact) mass is 335 g/mol. The summed E-state index contributed by atoms with van der Waals surface area (Å²) >= 11 is 5.97. The molecule has 1 aromatic carbocycles. The lowest BCUT2D eigenvalue weighted by molar-refractivity contribution is -0.151. The van der Waals surface area contributed by atoms with Crippen LogP contribution in [0.1, 0.15) is 44.6 Å². The van der Waals surface area contributed by atoms with Gasteiger partial charge in [-0.2, -0.15) is 0 Å². The van der Waals surface area contributed by atoms with E-state index in [0.29, 0.717) is 18.0 Å². The molecule has 1 heterocycles. The quantitative estimate of drug-likeness (QED) is 0.920. The van der Waals surface area contributed by atoms with Gasteiger partial charge in [0.1, 0.15) is 0 Å². The van der Waals surface area contributed by atoms with Gasteiger partial charge in [-0.15, -0.1) is 0 Å². The summed E-state index contributed by atoms with van der Waals surface area (Å²) < 4.78 is 0. The molecule has 1 aliphatic heterocycles. The number of carbonyl (C=O) groups excluding carboxylic acids is 1. The number of nitrogens with zero attached hydrogens (tertiary/aromatic N) is 1. The molecular weight excluding hydrogens is 314 g/mol. The molecule has 3 rings (SSSR count). The second kappa shape index (κ2) is 6.16. The van der Waals surface area contributed by atoms with Gasteiger partial charge in [-0.1, -0.05) is 30.2 Å². The summed E-state index contributed by atoms with van der Waals surface area (Å²) in [5, 5.41) is 9.95. The molecule has 2 aliphatic rings. The third-order valence-electron chi connectivity index (χ3n) is 5.51. The van der Waals surface area contributed by atoms with E-state index < -0.39 is 17.3 Å². The molecule has 0 bridgehead atoms. The van der Waals surface area contributed by atoms with Crippen molar-refractivity contribution in [3.05, 3.63) is 34.9 Å². The summed E-state index contributed by atoms with van der Waals surface area (Å²) in [5.41, 5.74) is 0.516. The second-order valence-electron chi connectivity index (χ2n) is 6.86. The topological polar surface area (TPSA) is 57.6 Å². The van der Waals surface area contributed by atoms with E-state index in [1.165, 1.54) is 0 Å². The van der Waals surface area contributed by atoms with Gasteiger partial charge in [-0.3, -0.25) is 9.59 Å². The molecule has 1 aromatic rings. The minimum atomic E-state index is -0.802. The fraction of sp³-hybridized carbons (Fsp3) is 0.556. The zero-order valence-corrected chi connectivity index (χ0v) is 14.1. The number of rotatable bonds is 3. The maximum atomic E-state index is 13.3. The van der Waals surface area contributed by atoms with Crippen molar-refractivity contribution in [1.82, 2.24) is 4.90 Å². The van der Waals surface area contributed by atoms with Crippen molar-refractivity contribution in [3.63, 3.8) is 0 Å². The predicted molar refractivity (Wildman–Crippen MR) is 88.5 cm³/mol. The molecule has 4 nitrogen and oxygen atoms in total. The summed E-state index contributed by atoms with van der Waals surface area (Å²) in [6, 6.07) is 7.61. The lowest BCUT2D eigenvalue weighted by atomic mass is 9.63. The number of carboxylic acids is 1. The Labute approximate surface area is 141 Å². The first-order valence-corrected chi connectivity index (χ1v) is 8.62. The molecule has 1 saturated heterocycles. The van der Waals surface area contributed by atoms with Crippen molar-refractivity contribution >= 4 is 23.5 Å². The number of hydrogen-bond acceptors (Lipinski definition) is 2. The van der Waals surface area contributed by atoms with Gasteiger partial charge < -0.3 is 10.0 Å². The molecule has 1 amide bonds. The fourth-order valence-corrected chi connectivity index (χ4v) is 3.92. The number of amides is 1. The molecule has 2 fully saturated rings. The number of carbonyl (C=O) groups is 2. The standard InChI is InChI=1S/C18H22ClNO3/c1-12-3-4-13(16(21)22)11-20(12)17(23)18(9-2-10-18)14-5-7-15(19)8-6-14/h5-8,12-13H,2-4,9-11H2,1H3,(H,21,22). The Morgan fingerprint density at radius 1 is 1.22 bits per heavy atom. The SMILES string of the molecule is CC1CCC(C(=O)O)CN1C(=O)C1(c2ccc(Cl)cc2)CCC1. The fourth-order valence-electron chi connectivity index (χ4n) is 3.79. The van der Waals surface area contributed by atoms with Crippen LogP contribution in [0, 0.1) is 5.92 Å². The van der Waals surface area contributed by atoms with Gasteiger partial charge in [0.05, 0.1) is 11.3 Å². The first-order valence-electron chi connectivity index (χ1n) is 8.24. The van der Waals surface area contributed by atoms with E-state index in [9.17, 15) is 14.7 Å². The van der Waals surface area contributed by atoms with Crippen molar-refractivity contribution in [3.8, 4) is 0 Å². The minimum absolute atomic E-state index is 0.0875. The number of halogens is 1. The lowest BCUT2D eigenvalue weighted by Gasteiger charge is -2.47. The van der Waals surface area contributed by atoms with E-state index in [0.717, 1.165) is 31.2 Å². The number of aliphatic carboxylic acids is 1. The average molecular weight is 336 g/mol. The predicted octanol–water partition coefficient (Wildman–Crippen LogP) is 3.47. The normalized spacial score (nSPS) is 26.4. The van der Waals surface area contributed by atoms with Crippen LogP contribution in [0.2, 0.25) is 5.02 Å². The second-order valence-corrected chi connectivity index (χ2v) is 7.30. The molecule has 0 radical (unpaired) electrons. The molecule has 1 aliphatic carbocycles. The number of carboxylic acid groups (broad SMARTS) is 1. The van der Waals surface area contributed by atoms with E-state index >= 15 is 0 Å². The minimum Gasteiger partial charge on any atom is -0.481 e. The molecule has 0 spiro atoms. The van der Waals surface area contributed by atoms with Crippen LogP contribution in [0.25, 0.3) is 0 Å². The Kier molecular flexibility index (Phi) is 4.37. The van der Waals surface area contributed by atoms with Crippen molar-refractivity contribution in [2.24, 2.45) is 5.92 Å². The Morgan fingerprint density at radius 2 is 1.87 bits per heavy atom. The molecule has 2 unspecified atom stereocenters. The largest absolute Gasteiger partial charge is 0.481 e. The van der Waals surface area contributed by atoms with E-state index in [4.69, 9.17) is 11.6 Å². The molecular formula is C18H22ClNO3. The first-order chi connectivity index (χ1) is 10.9. The first kappa shape index (κ1) is 16.3. The molecule has 1 saturated carbocycles. The lowest BCUT2D eigenvalue weighted by Crippen LogP contribution is -2.56. The molecule has 5 heteroatoms. The van der Waals surface area contributed by atoms with Crippen molar-refractivity contribution in [2.45, 2.75) is 50.5 Å². The number of likely N-dealkylation sites (tertiary alicyclic amines) is 1. The summed E-state index contributed by atoms with van der Waals surface area (Å²) in [6.45, 7) is 2.34. The highest BCUT2D eigenvalue weighted by atomic mass is 35.5. The number of benzene rings is 1. The van der Waals surface area contributed by atoms with Crippen molar-refractivity contribution in [1.29, 1.82) is 0 Å². The highest BCUT2D eigenvalue weighted by Crippen LogP contribution is 2.46. The Balaban J connectivity index is 1.87.